The van der Waals surface area contributed by atoms with Crippen LogP contribution >= 0.6 is 0 Å². The van der Waals surface area contributed by atoms with Crippen molar-refractivity contribution in [1.82, 2.24) is 15.2 Å². The van der Waals surface area contributed by atoms with E-state index in [9.17, 15) is 22.8 Å². The summed E-state index contributed by atoms with van der Waals surface area (Å²) in [4.78, 5) is 32.4. The molecule has 1 aliphatic heterocycles. The Hall–Kier alpha value is -3.30. The lowest BCUT2D eigenvalue weighted by Gasteiger charge is -2.36. The summed E-state index contributed by atoms with van der Waals surface area (Å²) in [6.45, 7) is 2.07. The monoisotopic (exact) mass is 490 g/mol. The minimum atomic E-state index is -4.59. The molecule has 1 N–H and O–H groups in total. The summed E-state index contributed by atoms with van der Waals surface area (Å²) >= 11 is 0. The van der Waals surface area contributed by atoms with Crippen LogP contribution in [-0.4, -0.2) is 54.6 Å². The van der Waals surface area contributed by atoms with Crippen LogP contribution in [0.5, 0.6) is 5.88 Å². The first-order valence-electron chi connectivity index (χ1n) is 11.9. The number of halogens is 3. The van der Waals surface area contributed by atoms with E-state index in [1.807, 2.05) is 4.90 Å². The molecule has 4 rings (SSSR count). The highest BCUT2D eigenvalue weighted by Crippen LogP contribution is 2.32. The first-order valence-corrected chi connectivity index (χ1v) is 11.9. The van der Waals surface area contributed by atoms with Gasteiger partial charge >= 0.3 is 12.3 Å². The third kappa shape index (κ3) is 6.43. The molecule has 1 saturated carbocycles. The maximum Gasteiger partial charge on any atom is 0.417 e. The van der Waals surface area contributed by atoms with Gasteiger partial charge in [-0.15, -0.1) is 0 Å². The van der Waals surface area contributed by atoms with Crippen molar-refractivity contribution in [3.05, 3.63) is 53.7 Å². The SMILES string of the molecule is O=C(NCC1CCCCC1)Oc1ccc(N2CCN(C(=O)c3ccccc3C(F)(F)F)CC2)cn1. The summed E-state index contributed by atoms with van der Waals surface area (Å²) in [6.07, 6.45) is 2.39. The number of hydrogen-bond donors (Lipinski definition) is 1. The smallest absolute Gasteiger partial charge is 0.391 e. The molecule has 2 aromatic rings. The number of carbonyl (C=O) groups is 2. The standard InChI is InChI=1S/C25H29F3N4O3/c26-25(27,28)21-9-5-4-8-20(21)23(33)32-14-12-31(13-15-32)19-10-11-22(29-17-19)35-24(34)30-16-18-6-2-1-3-7-18/h4-5,8-11,17-18H,1-3,6-7,12-16H2,(H,30,34). The maximum atomic E-state index is 13.3. The fourth-order valence-electron chi connectivity index (χ4n) is 4.62. The van der Waals surface area contributed by atoms with Gasteiger partial charge in [0.05, 0.1) is 23.0 Å². The number of nitrogens with one attached hydrogen (secondary N) is 1. The van der Waals surface area contributed by atoms with Crippen molar-refractivity contribution in [3.63, 3.8) is 0 Å². The number of benzene rings is 1. The van der Waals surface area contributed by atoms with E-state index in [-0.39, 0.29) is 24.5 Å². The van der Waals surface area contributed by atoms with Gasteiger partial charge in [0.15, 0.2) is 0 Å². The Morgan fingerprint density at radius 1 is 1.00 bits per heavy atom. The van der Waals surface area contributed by atoms with Crippen LogP contribution in [0, 0.1) is 5.92 Å². The molecular formula is C25H29F3N4O3. The van der Waals surface area contributed by atoms with Gasteiger partial charge in [0.25, 0.3) is 5.91 Å². The molecule has 7 nitrogen and oxygen atoms in total. The highest BCUT2D eigenvalue weighted by atomic mass is 19.4. The Bertz CT molecular complexity index is 1020. The molecule has 2 heterocycles. The molecule has 0 spiro atoms. The second-order valence-electron chi connectivity index (χ2n) is 8.95. The second kappa shape index (κ2) is 11.0. The van der Waals surface area contributed by atoms with Gasteiger partial charge in [0.2, 0.25) is 5.88 Å². The van der Waals surface area contributed by atoms with Crippen molar-refractivity contribution >= 4 is 17.7 Å². The third-order valence-corrected chi connectivity index (χ3v) is 6.57. The van der Waals surface area contributed by atoms with Crippen LogP contribution in [0.2, 0.25) is 0 Å². The molecule has 0 radical (unpaired) electrons. The van der Waals surface area contributed by atoms with Crippen LogP contribution in [0.25, 0.3) is 0 Å². The Labute approximate surface area is 202 Å². The summed E-state index contributed by atoms with van der Waals surface area (Å²) in [5.41, 5.74) is -0.476. The number of hydrogen-bond acceptors (Lipinski definition) is 5. The van der Waals surface area contributed by atoms with Gasteiger partial charge in [-0.2, -0.15) is 13.2 Å². The van der Waals surface area contributed by atoms with Crippen LogP contribution in [-0.2, 0) is 6.18 Å². The van der Waals surface area contributed by atoms with Crippen molar-refractivity contribution in [3.8, 4) is 5.88 Å². The normalized spacial score (nSPS) is 17.2. The number of aromatic nitrogens is 1. The zero-order valence-corrected chi connectivity index (χ0v) is 19.4. The van der Waals surface area contributed by atoms with E-state index in [1.54, 1.807) is 18.3 Å². The molecule has 1 saturated heterocycles. The van der Waals surface area contributed by atoms with Crippen LogP contribution in [0.3, 0.4) is 0 Å². The largest absolute Gasteiger partial charge is 0.417 e. The minimum absolute atomic E-state index is 0.187. The summed E-state index contributed by atoms with van der Waals surface area (Å²) < 4.78 is 45.1. The van der Waals surface area contributed by atoms with Gasteiger partial charge in [-0.1, -0.05) is 31.4 Å². The summed E-state index contributed by atoms with van der Waals surface area (Å²) in [6, 6.07) is 8.23. The molecule has 1 aromatic heterocycles. The van der Waals surface area contributed by atoms with E-state index >= 15 is 0 Å². The molecule has 188 valence electrons. The molecule has 2 fully saturated rings. The lowest BCUT2D eigenvalue weighted by Crippen LogP contribution is -2.49. The van der Waals surface area contributed by atoms with E-state index in [2.05, 4.69) is 10.3 Å². The molecule has 10 heteroatoms. The molecule has 0 bridgehead atoms. The second-order valence-corrected chi connectivity index (χ2v) is 8.95. The average Bonchev–Trinajstić information content (AvgIpc) is 2.88. The van der Waals surface area contributed by atoms with Gasteiger partial charge in [-0.05, 0) is 37.0 Å². The Morgan fingerprint density at radius 3 is 2.37 bits per heavy atom. The topological polar surface area (TPSA) is 74.8 Å². The fraction of sp³-hybridized carbons (Fsp3) is 0.480. The number of alkyl halides is 3. The van der Waals surface area contributed by atoms with Gasteiger partial charge in [-0.3, -0.25) is 4.79 Å². The van der Waals surface area contributed by atoms with Crippen molar-refractivity contribution in [2.45, 2.75) is 38.3 Å². The van der Waals surface area contributed by atoms with Gasteiger partial charge in [0, 0.05) is 38.8 Å². The number of anilines is 1. The van der Waals surface area contributed by atoms with Crippen LogP contribution in [0.15, 0.2) is 42.6 Å². The summed E-state index contributed by atoms with van der Waals surface area (Å²) in [5, 5.41) is 2.80. The molecule has 2 aliphatic rings. The van der Waals surface area contributed by atoms with Crippen molar-refractivity contribution < 1.29 is 27.5 Å². The van der Waals surface area contributed by atoms with Gasteiger partial charge in [0.1, 0.15) is 0 Å². The van der Waals surface area contributed by atoms with E-state index in [1.165, 1.54) is 42.4 Å². The number of piperazine rings is 1. The van der Waals surface area contributed by atoms with Crippen LogP contribution in [0.4, 0.5) is 23.7 Å². The van der Waals surface area contributed by atoms with Crippen molar-refractivity contribution in [2.24, 2.45) is 5.92 Å². The Balaban J connectivity index is 1.27. The lowest BCUT2D eigenvalue weighted by molar-refractivity contribution is -0.138. The Kier molecular flexibility index (Phi) is 7.77. The molecule has 1 aliphatic carbocycles. The zero-order chi connectivity index (χ0) is 24.8. The lowest BCUT2D eigenvalue weighted by atomic mass is 9.89. The van der Waals surface area contributed by atoms with Gasteiger partial charge < -0.3 is 19.9 Å². The highest BCUT2D eigenvalue weighted by Gasteiger charge is 2.36. The predicted molar refractivity (Wildman–Crippen MR) is 124 cm³/mol. The van der Waals surface area contributed by atoms with E-state index in [4.69, 9.17) is 4.74 Å². The molecule has 0 atom stereocenters. The Morgan fingerprint density at radius 2 is 1.71 bits per heavy atom. The number of carbonyl (C=O) groups excluding carboxylic acids is 2. The number of pyridine rings is 1. The van der Waals surface area contributed by atoms with Crippen molar-refractivity contribution in [1.29, 1.82) is 0 Å². The predicted octanol–water partition coefficient (Wildman–Crippen LogP) is 4.73. The number of ether oxygens (including phenoxy) is 1. The highest BCUT2D eigenvalue weighted by molar-refractivity contribution is 5.96. The van der Waals surface area contributed by atoms with E-state index in [0.29, 0.717) is 25.6 Å². The zero-order valence-electron chi connectivity index (χ0n) is 19.4. The number of rotatable bonds is 5. The van der Waals surface area contributed by atoms with Crippen LogP contribution < -0.4 is 15.0 Å². The number of nitrogens with zero attached hydrogens (tertiary/aromatic N) is 3. The minimum Gasteiger partial charge on any atom is -0.391 e. The van der Waals surface area contributed by atoms with E-state index < -0.39 is 23.7 Å². The summed E-state index contributed by atoms with van der Waals surface area (Å²) in [5.74, 6) is 0.0604. The summed E-state index contributed by atoms with van der Waals surface area (Å²) in [7, 11) is 0. The molecule has 1 aromatic carbocycles. The molecule has 0 unspecified atom stereocenters. The van der Waals surface area contributed by atoms with Gasteiger partial charge in [-0.25, -0.2) is 9.78 Å². The maximum absolute atomic E-state index is 13.3. The quantitative estimate of drug-likeness (QED) is 0.656. The first kappa shape index (κ1) is 24.8. The third-order valence-electron chi connectivity index (χ3n) is 6.57. The molecular weight excluding hydrogens is 461 g/mol. The molecule has 2 amide bonds. The molecule has 35 heavy (non-hydrogen) atoms. The van der Waals surface area contributed by atoms with Crippen molar-refractivity contribution in [2.75, 3.05) is 37.6 Å². The number of amides is 2. The fourth-order valence-corrected chi connectivity index (χ4v) is 4.62. The van der Waals surface area contributed by atoms with E-state index in [0.717, 1.165) is 24.6 Å². The average molecular weight is 491 g/mol. The first-order chi connectivity index (χ1) is 16.8. The van der Waals surface area contributed by atoms with Crippen LogP contribution in [0.1, 0.15) is 48.0 Å².